The number of hydrogen-bond donors (Lipinski definition) is 1. The van der Waals surface area contributed by atoms with Crippen molar-refractivity contribution in [2.24, 2.45) is 0 Å². The van der Waals surface area contributed by atoms with E-state index < -0.39 is 11.6 Å². The fourth-order valence-electron chi connectivity index (χ4n) is 3.28. The largest absolute Gasteiger partial charge is 0.377 e. The molecule has 2 heterocycles. The highest BCUT2D eigenvalue weighted by atomic mass is 35.5. The van der Waals surface area contributed by atoms with Crippen molar-refractivity contribution >= 4 is 17.3 Å². The fourth-order valence-corrected chi connectivity index (χ4v) is 3.53. The molecule has 0 spiro atoms. The Morgan fingerprint density at radius 1 is 1.16 bits per heavy atom. The van der Waals surface area contributed by atoms with E-state index in [9.17, 15) is 8.78 Å². The highest BCUT2D eigenvalue weighted by Crippen LogP contribution is 2.33. The van der Waals surface area contributed by atoms with Gasteiger partial charge < -0.3 is 5.32 Å². The van der Waals surface area contributed by atoms with Crippen molar-refractivity contribution in [3.63, 3.8) is 0 Å². The van der Waals surface area contributed by atoms with Gasteiger partial charge in [-0.2, -0.15) is 0 Å². The molecule has 0 aliphatic carbocycles. The summed E-state index contributed by atoms with van der Waals surface area (Å²) < 4.78 is 26.8. The molecule has 3 rings (SSSR count). The minimum absolute atomic E-state index is 0.117. The van der Waals surface area contributed by atoms with Gasteiger partial charge in [0.1, 0.15) is 5.82 Å². The summed E-state index contributed by atoms with van der Waals surface area (Å²) in [5.74, 6) is -1.25. The lowest BCUT2D eigenvalue weighted by atomic mass is 9.99. The summed E-state index contributed by atoms with van der Waals surface area (Å²) in [6.45, 7) is 2.17. The van der Waals surface area contributed by atoms with E-state index >= 15 is 0 Å². The van der Waals surface area contributed by atoms with Crippen molar-refractivity contribution in [3.8, 4) is 0 Å². The number of nitrogens with zero attached hydrogens (tertiary/aromatic N) is 1. The van der Waals surface area contributed by atoms with Crippen LogP contribution in [0.15, 0.2) is 12.1 Å². The predicted molar refractivity (Wildman–Crippen MR) is 72.6 cm³/mol. The minimum atomic E-state index is -0.640. The van der Waals surface area contributed by atoms with Crippen molar-refractivity contribution in [2.75, 3.05) is 18.4 Å². The SMILES string of the molecule is Fc1cc(F)c(NC2CCN3CCCCC23)c(Cl)c1. The molecule has 2 atom stereocenters. The molecule has 2 saturated heterocycles. The Morgan fingerprint density at radius 2 is 2.00 bits per heavy atom. The summed E-state index contributed by atoms with van der Waals surface area (Å²) in [4.78, 5) is 2.45. The average Bonchev–Trinajstić information content (AvgIpc) is 2.77. The zero-order valence-corrected chi connectivity index (χ0v) is 11.4. The summed E-state index contributed by atoms with van der Waals surface area (Å²) in [5, 5.41) is 3.31. The molecule has 1 N–H and O–H groups in total. The van der Waals surface area contributed by atoms with Crippen molar-refractivity contribution in [2.45, 2.75) is 37.8 Å². The summed E-state index contributed by atoms with van der Waals surface area (Å²) in [6, 6.07) is 2.69. The van der Waals surface area contributed by atoms with Crippen molar-refractivity contribution in [1.29, 1.82) is 0 Å². The first-order valence-electron chi connectivity index (χ1n) is 6.80. The first-order chi connectivity index (χ1) is 9.15. The standard InChI is InChI=1S/C14H17ClF2N2/c15-10-7-9(16)8-11(17)14(10)18-12-4-6-19-5-2-1-3-13(12)19/h7-8,12-13,18H,1-6H2. The highest BCUT2D eigenvalue weighted by molar-refractivity contribution is 6.33. The van der Waals surface area contributed by atoms with Crippen molar-refractivity contribution in [3.05, 3.63) is 28.8 Å². The van der Waals surface area contributed by atoms with Crippen LogP contribution >= 0.6 is 11.6 Å². The second-order valence-corrected chi connectivity index (χ2v) is 5.79. The van der Waals surface area contributed by atoms with E-state index in [4.69, 9.17) is 11.6 Å². The molecule has 5 heteroatoms. The van der Waals surface area contributed by atoms with Crippen LogP contribution in [0.5, 0.6) is 0 Å². The van der Waals surface area contributed by atoms with Gasteiger partial charge in [-0.25, -0.2) is 8.78 Å². The molecular weight excluding hydrogens is 270 g/mol. The molecule has 2 fully saturated rings. The van der Waals surface area contributed by atoms with E-state index in [0.29, 0.717) is 6.04 Å². The van der Waals surface area contributed by atoms with Crippen LogP contribution in [0.4, 0.5) is 14.5 Å². The first-order valence-corrected chi connectivity index (χ1v) is 7.18. The minimum Gasteiger partial charge on any atom is -0.377 e. The molecule has 2 aliphatic heterocycles. The second-order valence-electron chi connectivity index (χ2n) is 5.38. The summed E-state index contributed by atoms with van der Waals surface area (Å²) in [5.41, 5.74) is 0.237. The lowest BCUT2D eigenvalue weighted by Gasteiger charge is -2.33. The van der Waals surface area contributed by atoms with Crippen LogP contribution in [0.3, 0.4) is 0 Å². The third kappa shape index (κ3) is 2.56. The zero-order chi connectivity index (χ0) is 13.4. The fraction of sp³-hybridized carbons (Fsp3) is 0.571. The van der Waals surface area contributed by atoms with Gasteiger partial charge in [0.25, 0.3) is 0 Å². The van der Waals surface area contributed by atoms with Crippen LogP contribution in [0, 0.1) is 11.6 Å². The van der Waals surface area contributed by atoms with E-state index in [1.165, 1.54) is 12.8 Å². The Hall–Kier alpha value is -0.870. The number of rotatable bonds is 2. The highest BCUT2D eigenvalue weighted by Gasteiger charge is 2.35. The molecule has 19 heavy (non-hydrogen) atoms. The third-order valence-electron chi connectivity index (χ3n) is 4.19. The second kappa shape index (κ2) is 5.25. The Balaban J connectivity index is 1.78. The summed E-state index contributed by atoms with van der Waals surface area (Å²) >= 11 is 5.93. The maximum atomic E-state index is 13.8. The number of nitrogens with one attached hydrogen (secondary N) is 1. The molecule has 0 aromatic heterocycles. The lowest BCUT2D eigenvalue weighted by molar-refractivity contribution is 0.192. The van der Waals surface area contributed by atoms with E-state index in [0.717, 1.165) is 38.1 Å². The average molecular weight is 287 g/mol. The van der Waals surface area contributed by atoms with E-state index in [2.05, 4.69) is 10.2 Å². The lowest BCUT2D eigenvalue weighted by Crippen LogP contribution is -2.41. The molecule has 104 valence electrons. The van der Waals surface area contributed by atoms with Crippen LogP contribution < -0.4 is 5.32 Å². The van der Waals surface area contributed by atoms with Crippen molar-refractivity contribution in [1.82, 2.24) is 4.90 Å². The number of piperidine rings is 1. The van der Waals surface area contributed by atoms with Gasteiger partial charge in [0, 0.05) is 24.7 Å². The maximum Gasteiger partial charge on any atom is 0.150 e. The van der Waals surface area contributed by atoms with Crippen molar-refractivity contribution < 1.29 is 8.78 Å². The van der Waals surface area contributed by atoms with Gasteiger partial charge in [0.05, 0.1) is 10.7 Å². The molecule has 1 aromatic rings. The third-order valence-corrected chi connectivity index (χ3v) is 4.49. The van der Waals surface area contributed by atoms with Crippen LogP contribution in [-0.2, 0) is 0 Å². The van der Waals surface area contributed by atoms with E-state index in [1.807, 2.05) is 0 Å². The molecule has 0 saturated carbocycles. The van der Waals surface area contributed by atoms with Gasteiger partial charge in [-0.15, -0.1) is 0 Å². The molecule has 1 aromatic carbocycles. The van der Waals surface area contributed by atoms with Gasteiger partial charge in [0.2, 0.25) is 0 Å². The van der Waals surface area contributed by atoms with Crippen LogP contribution in [0.2, 0.25) is 5.02 Å². The van der Waals surface area contributed by atoms with Gasteiger partial charge in [-0.3, -0.25) is 4.90 Å². The predicted octanol–water partition coefficient (Wildman–Crippen LogP) is 3.66. The van der Waals surface area contributed by atoms with Crippen LogP contribution in [-0.4, -0.2) is 30.1 Å². The van der Waals surface area contributed by atoms with Crippen LogP contribution in [0.1, 0.15) is 25.7 Å². The monoisotopic (exact) mass is 286 g/mol. The number of benzene rings is 1. The Bertz CT molecular complexity index is 458. The molecule has 0 radical (unpaired) electrons. The van der Waals surface area contributed by atoms with Crippen LogP contribution in [0.25, 0.3) is 0 Å². The Kier molecular flexibility index (Phi) is 3.63. The molecule has 0 amide bonds. The molecule has 0 bridgehead atoms. The van der Waals surface area contributed by atoms with E-state index in [-0.39, 0.29) is 16.8 Å². The van der Waals surface area contributed by atoms with Gasteiger partial charge in [0.15, 0.2) is 5.82 Å². The smallest absolute Gasteiger partial charge is 0.150 e. The quantitative estimate of drug-likeness (QED) is 0.893. The normalized spacial score (nSPS) is 27.3. The molecule has 2 unspecified atom stereocenters. The first kappa shape index (κ1) is 13.1. The number of halogens is 3. The van der Waals surface area contributed by atoms with Gasteiger partial charge >= 0.3 is 0 Å². The van der Waals surface area contributed by atoms with Gasteiger partial charge in [-0.05, 0) is 31.9 Å². The molecular formula is C14H17ClF2N2. The number of fused-ring (bicyclic) bond motifs is 1. The molecule has 2 nitrogen and oxygen atoms in total. The summed E-state index contributed by atoms with van der Waals surface area (Å²) in [6.07, 6.45) is 4.59. The number of hydrogen-bond acceptors (Lipinski definition) is 2. The topological polar surface area (TPSA) is 15.3 Å². The molecule has 2 aliphatic rings. The maximum absolute atomic E-state index is 13.8. The van der Waals surface area contributed by atoms with E-state index in [1.54, 1.807) is 0 Å². The number of anilines is 1. The zero-order valence-electron chi connectivity index (χ0n) is 10.6. The Morgan fingerprint density at radius 3 is 2.79 bits per heavy atom. The summed E-state index contributed by atoms with van der Waals surface area (Å²) in [7, 11) is 0. The Labute approximate surface area is 116 Å². The van der Waals surface area contributed by atoms with Gasteiger partial charge in [-0.1, -0.05) is 18.0 Å².